The van der Waals surface area contributed by atoms with Crippen LogP contribution >= 0.6 is 15.9 Å². The van der Waals surface area contributed by atoms with Gasteiger partial charge in [-0.1, -0.05) is 73.1 Å². The summed E-state index contributed by atoms with van der Waals surface area (Å²) in [6, 6.07) is 7.55. The van der Waals surface area contributed by atoms with E-state index in [0.717, 1.165) is 16.5 Å². The summed E-state index contributed by atoms with van der Waals surface area (Å²) in [7, 11) is 1.71. The van der Waals surface area contributed by atoms with E-state index in [9.17, 15) is 24.9 Å². The monoisotopic (exact) mass is 749 g/mol. The summed E-state index contributed by atoms with van der Waals surface area (Å²) in [4.78, 5) is 24.7. The molecule has 2 aliphatic heterocycles. The lowest BCUT2D eigenvalue weighted by Crippen LogP contribution is -2.52. The lowest BCUT2D eigenvalue weighted by molar-refractivity contribution is -0.157. The normalized spacial score (nSPS) is 31.5. The van der Waals surface area contributed by atoms with E-state index in [2.05, 4.69) is 35.1 Å². The summed E-state index contributed by atoms with van der Waals surface area (Å²) in [6.45, 7) is 12.9. The summed E-state index contributed by atoms with van der Waals surface area (Å²) in [6.07, 6.45) is 6.44. The SMILES string of the molecule is CC[C@H](OC)[C@@H](C)[C@H]1O[C@@H]1C(NCc1ccc(Br)cc1)C(C)(O)C=CC=C(C)C1OC(=O)C[C@H](O)CC[C@@](C)(O)[C@@H](OC(C)=O)C=C[C@@H]1C. The zero-order chi connectivity index (χ0) is 36.5. The number of hydrogen-bond acceptors (Lipinski definition) is 10. The summed E-state index contributed by atoms with van der Waals surface area (Å²) in [5.74, 6) is -1.36. The van der Waals surface area contributed by atoms with Crippen LogP contribution in [0.3, 0.4) is 0 Å². The van der Waals surface area contributed by atoms with E-state index in [1.165, 1.54) is 6.92 Å². The quantitative estimate of drug-likeness (QED) is 0.0905. The van der Waals surface area contributed by atoms with Crippen molar-refractivity contribution in [2.75, 3.05) is 7.11 Å². The van der Waals surface area contributed by atoms with Gasteiger partial charge in [0, 0.05) is 36.9 Å². The third-order valence-electron chi connectivity index (χ3n) is 9.63. The number of hydrogen-bond donors (Lipinski definition) is 4. The smallest absolute Gasteiger partial charge is 0.309 e. The van der Waals surface area contributed by atoms with E-state index in [0.29, 0.717) is 12.1 Å². The predicted molar refractivity (Wildman–Crippen MR) is 191 cm³/mol. The number of carbonyl (C=O) groups excluding carboxylic acids is 2. The number of halogens is 1. The maximum atomic E-state index is 12.9. The topological polar surface area (TPSA) is 147 Å². The molecule has 2 aliphatic rings. The fraction of sp³-hybridized carbons (Fsp3) is 0.632. The number of rotatable bonds is 13. The Labute approximate surface area is 300 Å². The number of aliphatic hydroxyl groups excluding tert-OH is 1. The average Bonchev–Trinajstić information content (AvgIpc) is 3.81. The van der Waals surface area contributed by atoms with Gasteiger partial charge in [0.1, 0.15) is 23.9 Å². The Morgan fingerprint density at radius 1 is 1.22 bits per heavy atom. The molecule has 0 saturated carbocycles. The molecular formula is C38H56BrNO9. The van der Waals surface area contributed by atoms with Gasteiger partial charge in [0.05, 0.1) is 36.4 Å². The third-order valence-corrected chi connectivity index (χ3v) is 10.2. The van der Waals surface area contributed by atoms with Gasteiger partial charge >= 0.3 is 11.9 Å². The van der Waals surface area contributed by atoms with Crippen LogP contribution in [-0.2, 0) is 35.1 Å². The van der Waals surface area contributed by atoms with Gasteiger partial charge < -0.3 is 39.6 Å². The Hall–Kier alpha value is -2.38. The zero-order valence-corrected chi connectivity index (χ0v) is 31.7. The number of allylic oxidation sites excluding steroid dienone is 2. The lowest BCUT2D eigenvalue weighted by Gasteiger charge is -2.32. The molecule has 274 valence electrons. The highest BCUT2D eigenvalue weighted by molar-refractivity contribution is 9.10. The maximum Gasteiger partial charge on any atom is 0.309 e. The fourth-order valence-corrected chi connectivity index (χ4v) is 6.76. The van der Waals surface area contributed by atoms with Gasteiger partial charge in [0.25, 0.3) is 0 Å². The Bertz CT molecular complexity index is 1320. The fourth-order valence-electron chi connectivity index (χ4n) is 6.50. The molecule has 0 aliphatic carbocycles. The molecule has 11 atom stereocenters. The highest BCUT2D eigenvalue weighted by atomic mass is 79.9. The van der Waals surface area contributed by atoms with Crippen molar-refractivity contribution >= 4 is 27.9 Å². The largest absolute Gasteiger partial charge is 0.457 e. The van der Waals surface area contributed by atoms with Crippen LogP contribution in [0.25, 0.3) is 0 Å². The van der Waals surface area contributed by atoms with Crippen molar-refractivity contribution in [3.63, 3.8) is 0 Å². The highest BCUT2D eigenvalue weighted by Crippen LogP contribution is 2.39. The van der Waals surface area contributed by atoms with E-state index in [1.54, 1.807) is 51.3 Å². The minimum absolute atomic E-state index is 0.0365. The highest BCUT2D eigenvalue weighted by Gasteiger charge is 2.54. The second kappa shape index (κ2) is 18.2. The van der Waals surface area contributed by atoms with Crippen LogP contribution in [0.4, 0.5) is 0 Å². The van der Waals surface area contributed by atoms with Gasteiger partial charge in [-0.3, -0.25) is 9.59 Å². The Morgan fingerprint density at radius 2 is 1.90 bits per heavy atom. The molecule has 3 unspecified atom stereocenters. The summed E-state index contributed by atoms with van der Waals surface area (Å²) in [5, 5.41) is 37.0. The van der Waals surface area contributed by atoms with Crippen molar-refractivity contribution in [3.8, 4) is 0 Å². The van der Waals surface area contributed by atoms with Gasteiger partial charge in [0.15, 0.2) is 0 Å². The minimum Gasteiger partial charge on any atom is -0.457 e. The second-order valence-corrected chi connectivity index (χ2v) is 14.9. The van der Waals surface area contributed by atoms with Crippen molar-refractivity contribution in [1.82, 2.24) is 5.32 Å². The van der Waals surface area contributed by atoms with Crippen LogP contribution in [0, 0.1) is 11.8 Å². The summed E-state index contributed by atoms with van der Waals surface area (Å²) < 4.78 is 24.1. The third kappa shape index (κ3) is 12.1. The first kappa shape index (κ1) is 41.0. The Balaban J connectivity index is 1.87. The van der Waals surface area contributed by atoms with Gasteiger partial charge in [-0.05, 0) is 69.4 Å². The lowest BCUT2D eigenvalue weighted by atomic mass is 9.87. The molecule has 3 rings (SSSR count). The number of esters is 2. The molecule has 0 bridgehead atoms. The first-order chi connectivity index (χ1) is 23.0. The first-order valence-electron chi connectivity index (χ1n) is 17.2. The first-order valence-corrected chi connectivity index (χ1v) is 18.0. The molecule has 1 fully saturated rings. The van der Waals surface area contributed by atoms with Crippen LogP contribution in [0.1, 0.15) is 79.7 Å². The number of nitrogens with one attached hydrogen (secondary N) is 1. The molecule has 4 N–H and O–H groups in total. The van der Waals surface area contributed by atoms with Crippen LogP contribution < -0.4 is 5.32 Å². The second-order valence-electron chi connectivity index (χ2n) is 14.0. The molecule has 11 heteroatoms. The molecule has 0 amide bonds. The number of benzene rings is 1. The zero-order valence-electron chi connectivity index (χ0n) is 30.1. The molecule has 0 radical (unpaired) electrons. The van der Waals surface area contributed by atoms with E-state index >= 15 is 0 Å². The molecule has 1 saturated heterocycles. The molecule has 0 aromatic heterocycles. The van der Waals surface area contributed by atoms with Gasteiger partial charge in [0.2, 0.25) is 0 Å². The molecule has 49 heavy (non-hydrogen) atoms. The number of cyclic esters (lactones) is 1. The average molecular weight is 751 g/mol. The number of ether oxygens (including phenoxy) is 4. The van der Waals surface area contributed by atoms with E-state index in [4.69, 9.17) is 18.9 Å². The van der Waals surface area contributed by atoms with E-state index < -0.39 is 47.5 Å². The van der Waals surface area contributed by atoms with E-state index in [1.807, 2.05) is 38.1 Å². The summed E-state index contributed by atoms with van der Waals surface area (Å²) >= 11 is 3.48. The number of carbonyl (C=O) groups is 2. The van der Waals surface area contributed by atoms with E-state index in [-0.39, 0.29) is 49.4 Å². The molecule has 2 heterocycles. The molecule has 1 aromatic rings. The van der Waals surface area contributed by atoms with Crippen molar-refractivity contribution in [2.24, 2.45) is 11.8 Å². The van der Waals surface area contributed by atoms with Gasteiger partial charge in [-0.2, -0.15) is 0 Å². The maximum absolute atomic E-state index is 12.9. The van der Waals surface area contributed by atoms with Gasteiger partial charge in [-0.25, -0.2) is 0 Å². The standard InChI is InChI=1S/C38H56BrNO9/c1-9-30(46-8)25(4)34-35(49-34)36(40-22-27-13-15-28(39)16-14-27)38(7,45)19-10-11-23(2)33-24(3)12-17-31(47-26(5)41)37(6,44)20-18-29(42)21-32(43)48-33/h10-17,19,24-25,29-31,33-36,40,42,44-45H,9,18,20-22H2,1-8H3/t24-,25+,29+,30-,31-,33?,34+,35-,36?,37+,38?/m0/s1. The van der Waals surface area contributed by atoms with Crippen molar-refractivity contribution in [1.29, 1.82) is 0 Å². The minimum atomic E-state index is -1.45. The summed E-state index contributed by atoms with van der Waals surface area (Å²) in [5.41, 5.74) is -1.03. The Kier molecular flexibility index (Phi) is 15.3. The van der Waals surface area contributed by atoms with Gasteiger partial charge in [-0.15, -0.1) is 0 Å². The molecular weight excluding hydrogens is 694 g/mol. The number of epoxide rings is 1. The number of methoxy groups -OCH3 is 1. The van der Waals surface area contributed by atoms with Crippen molar-refractivity contribution < 1.29 is 43.9 Å². The van der Waals surface area contributed by atoms with Crippen LogP contribution in [0.5, 0.6) is 0 Å². The molecule has 1 aromatic carbocycles. The molecule has 0 spiro atoms. The Morgan fingerprint density at radius 3 is 2.51 bits per heavy atom. The van der Waals surface area contributed by atoms with Crippen LogP contribution in [0.15, 0.2) is 64.7 Å². The van der Waals surface area contributed by atoms with Crippen LogP contribution in [0.2, 0.25) is 0 Å². The number of aliphatic hydroxyl groups is 3. The van der Waals surface area contributed by atoms with Crippen LogP contribution in [-0.4, -0.2) is 88.2 Å². The van der Waals surface area contributed by atoms with Crippen molar-refractivity contribution in [2.45, 2.75) is 135 Å². The molecule has 10 nitrogen and oxygen atoms in total. The predicted octanol–water partition coefficient (Wildman–Crippen LogP) is 5.32. The van der Waals surface area contributed by atoms with Crippen molar-refractivity contribution in [3.05, 3.63) is 70.3 Å².